The molecule has 1 heterocycles. The van der Waals surface area contributed by atoms with E-state index in [2.05, 4.69) is 0 Å². The van der Waals surface area contributed by atoms with Crippen LogP contribution >= 0.6 is 0 Å². The van der Waals surface area contributed by atoms with Crippen molar-refractivity contribution in [3.8, 4) is 5.75 Å². The van der Waals surface area contributed by atoms with E-state index in [0.717, 1.165) is 11.1 Å². The van der Waals surface area contributed by atoms with Gasteiger partial charge in [-0.05, 0) is 17.7 Å². The largest absolute Gasteiger partial charge is 0.495 e. The Morgan fingerprint density at radius 2 is 1.70 bits per heavy atom. The fourth-order valence-electron chi connectivity index (χ4n) is 2.50. The van der Waals surface area contributed by atoms with Gasteiger partial charge in [0.2, 0.25) is 0 Å². The van der Waals surface area contributed by atoms with Gasteiger partial charge in [-0.3, -0.25) is 4.79 Å². The summed E-state index contributed by atoms with van der Waals surface area (Å²) in [6, 6.07) is 17.1. The minimum atomic E-state index is -0.422. The average Bonchev–Trinajstić information content (AvgIpc) is 2.72. The molecule has 4 heteroatoms. The van der Waals surface area contributed by atoms with E-state index in [9.17, 15) is 4.79 Å². The van der Waals surface area contributed by atoms with Crippen LogP contribution < -0.4 is 4.74 Å². The molecule has 1 aliphatic heterocycles. The maximum Gasteiger partial charge on any atom is 0.308 e. The molecule has 2 aromatic carbocycles. The number of benzene rings is 2. The summed E-state index contributed by atoms with van der Waals surface area (Å²) in [5.41, 5.74) is 2.35. The van der Waals surface area contributed by atoms with Crippen molar-refractivity contribution in [3.63, 3.8) is 0 Å². The van der Waals surface area contributed by atoms with E-state index in [-0.39, 0.29) is 0 Å². The van der Waals surface area contributed by atoms with Crippen LogP contribution in [0.3, 0.4) is 0 Å². The zero-order chi connectivity index (χ0) is 16.2. The number of allylic oxidation sites excluding steroid dienone is 1. The Labute approximate surface area is 134 Å². The maximum atomic E-state index is 11.5. The van der Waals surface area contributed by atoms with Crippen LogP contribution in [0.1, 0.15) is 18.1 Å². The van der Waals surface area contributed by atoms with E-state index >= 15 is 0 Å². The van der Waals surface area contributed by atoms with Crippen LogP contribution in [-0.2, 0) is 14.3 Å². The Kier molecular flexibility index (Phi) is 4.15. The molecule has 0 aromatic heterocycles. The fraction of sp³-hybridized carbons (Fsp3) is 0.105. The third kappa shape index (κ3) is 2.97. The fourth-order valence-corrected chi connectivity index (χ4v) is 2.50. The van der Waals surface area contributed by atoms with Crippen LogP contribution in [0.4, 0.5) is 0 Å². The minimum Gasteiger partial charge on any atom is -0.495 e. The highest BCUT2D eigenvalue weighted by atomic mass is 16.6. The van der Waals surface area contributed by atoms with Crippen LogP contribution in [0, 0.1) is 0 Å². The number of carbonyl (C=O) groups excluding carboxylic acids is 1. The van der Waals surface area contributed by atoms with E-state index in [1.165, 1.54) is 13.2 Å². The first kappa shape index (κ1) is 14.9. The second-order valence-corrected chi connectivity index (χ2v) is 4.96. The smallest absolute Gasteiger partial charge is 0.308 e. The molecule has 0 radical (unpaired) electrons. The highest BCUT2D eigenvalue weighted by molar-refractivity contribution is 5.97. The third-order valence-electron chi connectivity index (χ3n) is 3.42. The summed E-state index contributed by atoms with van der Waals surface area (Å²) >= 11 is 0. The van der Waals surface area contributed by atoms with Crippen LogP contribution in [0.5, 0.6) is 5.75 Å². The lowest BCUT2D eigenvalue weighted by atomic mass is 9.99. The zero-order valence-electron chi connectivity index (χ0n) is 12.9. The van der Waals surface area contributed by atoms with Gasteiger partial charge in [-0.15, -0.1) is 0 Å². The lowest BCUT2D eigenvalue weighted by Gasteiger charge is -2.15. The van der Waals surface area contributed by atoms with Crippen LogP contribution in [0.25, 0.3) is 11.3 Å². The van der Waals surface area contributed by atoms with Crippen molar-refractivity contribution in [1.82, 2.24) is 0 Å². The van der Waals surface area contributed by atoms with Crippen molar-refractivity contribution in [1.29, 1.82) is 0 Å². The summed E-state index contributed by atoms with van der Waals surface area (Å²) in [7, 11) is 1.59. The van der Waals surface area contributed by atoms with Crippen LogP contribution in [0.15, 0.2) is 66.6 Å². The van der Waals surface area contributed by atoms with Gasteiger partial charge < -0.3 is 14.2 Å². The predicted octanol–water partition coefficient (Wildman–Crippen LogP) is 4.00. The second kappa shape index (κ2) is 6.40. The van der Waals surface area contributed by atoms with Crippen molar-refractivity contribution in [2.24, 2.45) is 0 Å². The lowest BCUT2D eigenvalue weighted by molar-refractivity contribution is -0.136. The Balaban J connectivity index is 2.27. The molecule has 23 heavy (non-hydrogen) atoms. The predicted molar refractivity (Wildman–Crippen MR) is 87.2 cm³/mol. The summed E-state index contributed by atoms with van der Waals surface area (Å²) < 4.78 is 16.7. The molecule has 1 aliphatic rings. The Hall–Kier alpha value is -3.01. The molecule has 4 nitrogen and oxygen atoms in total. The molecular weight excluding hydrogens is 292 g/mol. The van der Waals surface area contributed by atoms with E-state index in [4.69, 9.17) is 14.2 Å². The molecule has 0 aliphatic carbocycles. The van der Waals surface area contributed by atoms with Crippen molar-refractivity contribution >= 4 is 17.3 Å². The van der Waals surface area contributed by atoms with E-state index in [0.29, 0.717) is 22.8 Å². The highest BCUT2D eigenvalue weighted by Gasteiger charge is 2.25. The maximum absolute atomic E-state index is 11.5. The molecule has 2 aromatic rings. The summed E-state index contributed by atoms with van der Waals surface area (Å²) in [4.78, 5) is 11.5. The molecular formula is C19H16O4. The van der Waals surface area contributed by atoms with Gasteiger partial charge in [-0.1, -0.05) is 42.5 Å². The molecule has 0 fully saturated rings. The van der Waals surface area contributed by atoms with E-state index in [1.54, 1.807) is 7.11 Å². The van der Waals surface area contributed by atoms with Crippen molar-refractivity contribution < 1.29 is 19.0 Å². The minimum absolute atomic E-state index is 0.316. The molecule has 0 unspecified atom stereocenters. The van der Waals surface area contributed by atoms with Gasteiger partial charge >= 0.3 is 5.97 Å². The number of hydrogen-bond donors (Lipinski definition) is 0. The Bertz CT molecular complexity index is 788. The van der Waals surface area contributed by atoms with Gasteiger partial charge in [-0.25, -0.2) is 0 Å². The van der Waals surface area contributed by atoms with Crippen molar-refractivity contribution in [2.75, 3.05) is 7.11 Å². The number of rotatable bonds is 3. The highest BCUT2D eigenvalue weighted by Crippen LogP contribution is 2.39. The lowest BCUT2D eigenvalue weighted by Crippen LogP contribution is -2.04. The average molecular weight is 308 g/mol. The molecule has 0 saturated heterocycles. The number of ether oxygens (including phenoxy) is 3. The Morgan fingerprint density at radius 3 is 2.39 bits per heavy atom. The topological polar surface area (TPSA) is 44.8 Å². The molecule has 0 N–H and O–H groups in total. The SMILES string of the molecule is COC1=C(c2ccccc2)C(OC(C)=O)=COc2ccccc21. The standard InChI is InChI=1S/C19H16O4/c1-13(20)23-17-12-22-16-11-7-6-10-15(16)19(21-2)18(17)14-8-4-3-5-9-14/h3-12H,1-2H3. The summed E-state index contributed by atoms with van der Waals surface area (Å²) in [6.07, 6.45) is 1.44. The molecule has 0 amide bonds. The quantitative estimate of drug-likeness (QED) is 0.804. The monoisotopic (exact) mass is 308 g/mol. The number of fused-ring (bicyclic) bond motifs is 1. The third-order valence-corrected chi connectivity index (χ3v) is 3.42. The normalized spacial score (nSPS) is 13.4. The van der Waals surface area contributed by atoms with Gasteiger partial charge in [0.05, 0.1) is 18.2 Å². The zero-order valence-corrected chi connectivity index (χ0v) is 12.9. The Morgan fingerprint density at radius 1 is 1.00 bits per heavy atom. The van der Waals surface area contributed by atoms with Gasteiger partial charge in [0.15, 0.2) is 5.76 Å². The number of para-hydroxylation sites is 1. The van der Waals surface area contributed by atoms with Crippen LogP contribution in [0.2, 0.25) is 0 Å². The summed E-state index contributed by atoms with van der Waals surface area (Å²) in [5.74, 6) is 1.13. The van der Waals surface area contributed by atoms with Gasteiger partial charge in [0.1, 0.15) is 17.8 Å². The molecule has 0 atom stereocenters. The van der Waals surface area contributed by atoms with Crippen molar-refractivity contribution in [3.05, 3.63) is 77.7 Å². The number of hydrogen-bond acceptors (Lipinski definition) is 4. The number of carbonyl (C=O) groups is 1. The first-order chi connectivity index (χ1) is 11.2. The molecule has 3 rings (SSSR count). The molecule has 0 bridgehead atoms. The molecule has 0 saturated carbocycles. The van der Waals surface area contributed by atoms with E-state index < -0.39 is 5.97 Å². The summed E-state index contributed by atoms with van der Waals surface area (Å²) in [5, 5.41) is 0. The number of esters is 1. The van der Waals surface area contributed by atoms with Crippen molar-refractivity contribution in [2.45, 2.75) is 6.92 Å². The van der Waals surface area contributed by atoms with Crippen LogP contribution in [-0.4, -0.2) is 13.1 Å². The molecule has 0 spiro atoms. The van der Waals surface area contributed by atoms with Gasteiger partial charge in [0.25, 0.3) is 0 Å². The van der Waals surface area contributed by atoms with Gasteiger partial charge in [-0.2, -0.15) is 0 Å². The molecule has 116 valence electrons. The van der Waals surface area contributed by atoms with Gasteiger partial charge in [0, 0.05) is 6.92 Å². The second-order valence-electron chi connectivity index (χ2n) is 4.96. The summed E-state index contributed by atoms with van der Waals surface area (Å²) in [6.45, 7) is 1.36. The number of methoxy groups -OCH3 is 1. The first-order valence-corrected chi connectivity index (χ1v) is 7.19. The van der Waals surface area contributed by atoms with E-state index in [1.807, 2.05) is 54.6 Å². The first-order valence-electron chi connectivity index (χ1n) is 7.19.